The Hall–Kier alpha value is -1.88. The minimum atomic E-state index is -0.259. The second-order valence-electron chi connectivity index (χ2n) is 4.27. The van der Waals surface area contributed by atoms with Gasteiger partial charge in [0.1, 0.15) is 0 Å². The van der Waals surface area contributed by atoms with Crippen molar-refractivity contribution in [1.29, 1.82) is 0 Å². The molecule has 5 heteroatoms. The topological polar surface area (TPSA) is 54.0 Å². The summed E-state index contributed by atoms with van der Waals surface area (Å²) >= 11 is 1.50. The van der Waals surface area contributed by atoms with Gasteiger partial charge in [-0.2, -0.15) is 0 Å². The number of carbonyl (C=O) groups excluding carboxylic acids is 1. The van der Waals surface area contributed by atoms with Crippen LogP contribution in [0.4, 0.5) is 15.6 Å². The molecule has 2 aromatic rings. The first-order valence-electron chi connectivity index (χ1n) is 6.20. The monoisotopic (exact) mass is 275 g/mol. The first-order valence-corrected chi connectivity index (χ1v) is 7.01. The van der Waals surface area contributed by atoms with E-state index in [9.17, 15) is 4.79 Å². The fraction of sp³-hybridized carbons (Fsp3) is 0.286. The lowest BCUT2D eigenvalue weighted by Crippen LogP contribution is -2.19. The van der Waals surface area contributed by atoms with E-state index in [4.69, 9.17) is 0 Å². The molecule has 1 heterocycles. The fourth-order valence-corrected chi connectivity index (χ4v) is 2.67. The molecule has 0 fully saturated rings. The Labute approximate surface area is 116 Å². The Morgan fingerprint density at radius 2 is 2.00 bits per heavy atom. The zero-order chi connectivity index (χ0) is 13.8. The summed E-state index contributed by atoms with van der Waals surface area (Å²) < 4.78 is 0. The molecular formula is C14H17N3OS. The Balaban J connectivity index is 2.03. The summed E-state index contributed by atoms with van der Waals surface area (Å²) in [7, 11) is 0. The van der Waals surface area contributed by atoms with Crippen LogP contribution < -0.4 is 10.6 Å². The van der Waals surface area contributed by atoms with Crippen molar-refractivity contribution in [2.75, 3.05) is 10.6 Å². The molecule has 1 aromatic heterocycles. The molecule has 0 aliphatic heterocycles. The van der Waals surface area contributed by atoms with Crippen molar-refractivity contribution >= 4 is 28.2 Å². The number of nitrogens with one attached hydrogen (secondary N) is 2. The molecule has 2 N–H and O–H groups in total. The standard InChI is InChI=1S/C14H17N3OS/c1-4-11-10(3)19-14(16-11)17-13(18)15-12-8-6-5-7-9(12)2/h5-8H,4H2,1-3H3,(H2,15,16,17,18). The SMILES string of the molecule is CCc1nc(NC(=O)Nc2ccccc2C)sc1C. The predicted octanol–water partition coefficient (Wildman–Crippen LogP) is 3.97. The van der Waals surface area contributed by atoms with Crippen molar-refractivity contribution in [3.05, 3.63) is 40.4 Å². The normalized spacial score (nSPS) is 10.3. The highest BCUT2D eigenvalue weighted by Crippen LogP contribution is 2.22. The third-order valence-corrected chi connectivity index (χ3v) is 3.77. The van der Waals surface area contributed by atoms with Crippen LogP contribution in [-0.2, 0) is 6.42 Å². The van der Waals surface area contributed by atoms with Gasteiger partial charge in [0.25, 0.3) is 0 Å². The van der Waals surface area contributed by atoms with E-state index in [0.29, 0.717) is 5.13 Å². The Morgan fingerprint density at radius 1 is 1.26 bits per heavy atom. The lowest BCUT2D eigenvalue weighted by Gasteiger charge is -2.07. The van der Waals surface area contributed by atoms with E-state index in [1.54, 1.807) is 0 Å². The van der Waals surface area contributed by atoms with Crippen molar-refractivity contribution in [1.82, 2.24) is 4.98 Å². The lowest BCUT2D eigenvalue weighted by molar-refractivity contribution is 0.262. The Kier molecular flexibility index (Phi) is 4.16. The van der Waals surface area contributed by atoms with Gasteiger partial charge in [0, 0.05) is 10.6 Å². The number of rotatable bonds is 3. The number of aryl methyl sites for hydroxylation is 3. The van der Waals surface area contributed by atoms with E-state index in [1.165, 1.54) is 11.3 Å². The van der Waals surface area contributed by atoms with Crippen molar-refractivity contribution < 1.29 is 4.79 Å². The summed E-state index contributed by atoms with van der Waals surface area (Å²) in [5, 5.41) is 6.23. The van der Waals surface area contributed by atoms with Crippen LogP contribution in [0.25, 0.3) is 0 Å². The quantitative estimate of drug-likeness (QED) is 0.890. The zero-order valence-electron chi connectivity index (χ0n) is 11.3. The molecule has 0 atom stereocenters. The van der Waals surface area contributed by atoms with Gasteiger partial charge in [0.15, 0.2) is 5.13 Å². The van der Waals surface area contributed by atoms with Gasteiger partial charge >= 0.3 is 6.03 Å². The molecule has 0 aliphatic carbocycles. The maximum absolute atomic E-state index is 11.9. The zero-order valence-corrected chi connectivity index (χ0v) is 12.1. The van der Waals surface area contributed by atoms with Crippen molar-refractivity contribution in [2.45, 2.75) is 27.2 Å². The van der Waals surface area contributed by atoms with E-state index < -0.39 is 0 Å². The smallest absolute Gasteiger partial charge is 0.307 e. The summed E-state index contributed by atoms with van der Waals surface area (Å²) in [4.78, 5) is 17.4. The van der Waals surface area contributed by atoms with Crippen LogP contribution in [-0.4, -0.2) is 11.0 Å². The molecule has 0 unspecified atom stereocenters. The average molecular weight is 275 g/mol. The number of anilines is 2. The van der Waals surface area contributed by atoms with Crippen LogP contribution in [0, 0.1) is 13.8 Å². The van der Waals surface area contributed by atoms with Crippen molar-refractivity contribution in [3.63, 3.8) is 0 Å². The Bertz CT molecular complexity index is 592. The van der Waals surface area contributed by atoms with Crippen LogP contribution in [0.2, 0.25) is 0 Å². The van der Waals surface area contributed by atoms with Crippen LogP contribution in [0.15, 0.2) is 24.3 Å². The number of hydrogen-bond donors (Lipinski definition) is 2. The third kappa shape index (κ3) is 3.32. The number of carbonyl (C=O) groups is 1. The number of benzene rings is 1. The van der Waals surface area contributed by atoms with Crippen molar-refractivity contribution in [3.8, 4) is 0 Å². The maximum Gasteiger partial charge on any atom is 0.325 e. The Morgan fingerprint density at radius 3 is 2.63 bits per heavy atom. The summed E-state index contributed by atoms with van der Waals surface area (Å²) in [6, 6.07) is 7.41. The highest BCUT2D eigenvalue weighted by molar-refractivity contribution is 7.15. The number of para-hydroxylation sites is 1. The number of thiazole rings is 1. The molecule has 0 saturated carbocycles. The van der Waals surface area contributed by atoms with E-state index in [1.807, 2.05) is 38.1 Å². The predicted molar refractivity (Wildman–Crippen MR) is 80.0 cm³/mol. The molecule has 0 bridgehead atoms. The lowest BCUT2D eigenvalue weighted by atomic mass is 10.2. The molecular weight excluding hydrogens is 258 g/mol. The van der Waals surface area contributed by atoms with Crippen LogP contribution >= 0.6 is 11.3 Å². The van der Waals surface area contributed by atoms with Gasteiger partial charge in [-0.25, -0.2) is 9.78 Å². The van der Waals surface area contributed by atoms with Gasteiger partial charge in [0.05, 0.1) is 5.69 Å². The molecule has 2 amide bonds. The summed E-state index contributed by atoms with van der Waals surface area (Å²) in [5.74, 6) is 0. The highest BCUT2D eigenvalue weighted by atomic mass is 32.1. The maximum atomic E-state index is 11.9. The molecule has 100 valence electrons. The number of hydrogen-bond acceptors (Lipinski definition) is 3. The number of aromatic nitrogens is 1. The number of nitrogens with zero attached hydrogens (tertiary/aromatic N) is 1. The van der Waals surface area contributed by atoms with E-state index in [0.717, 1.165) is 28.2 Å². The molecule has 19 heavy (non-hydrogen) atoms. The van der Waals surface area contributed by atoms with E-state index in [2.05, 4.69) is 22.5 Å². The van der Waals surface area contributed by atoms with Gasteiger partial charge < -0.3 is 5.32 Å². The van der Waals surface area contributed by atoms with Gasteiger partial charge in [0.2, 0.25) is 0 Å². The van der Waals surface area contributed by atoms with Crippen molar-refractivity contribution in [2.24, 2.45) is 0 Å². The fourth-order valence-electron chi connectivity index (χ4n) is 1.77. The summed E-state index contributed by atoms with van der Waals surface area (Å²) in [5.41, 5.74) is 2.88. The molecule has 1 aromatic carbocycles. The summed E-state index contributed by atoms with van der Waals surface area (Å²) in [6.45, 7) is 6.03. The molecule has 0 spiro atoms. The van der Waals surface area contributed by atoms with Crippen LogP contribution in [0.5, 0.6) is 0 Å². The molecule has 2 rings (SSSR count). The average Bonchev–Trinajstić information content (AvgIpc) is 2.72. The number of urea groups is 1. The van der Waals surface area contributed by atoms with Gasteiger partial charge in [-0.3, -0.25) is 5.32 Å². The third-order valence-electron chi connectivity index (χ3n) is 2.84. The van der Waals surface area contributed by atoms with Gasteiger partial charge in [-0.1, -0.05) is 25.1 Å². The van der Waals surface area contributed by atoms with Crippen LogP contribution in [0.3, 0.4) is 0 Å². The molecule has 0 saturated heterocycles. The van der Waals surface area contributed by atoms with Gasteiger partial charge in [-0.05, 0) is 31.9 Å². The summed E-state index contributed by atoms with van der Waals surface area (Å²) in [6.07, 6.45) is 0.878. The minimum Gasteiger partial charge on any atom is -0.307 e. The second-order valence-corrected chi connectivity index (χ2v) is 5.47. The molecule has 0 aliphatic rings. The largest absolute Gasteiger partial charge is 0.325 e. The molecule has 4 nitrogen and oxygen atoms in total. The first kappa shape index (κ1) is 13.5. The van der Waals surface area contributed by atoms with E-state index in [-0.39, 0.29) is 6.03 Å². The minimum absolute atomic E-state index is 0.259. The van der Waals surface area contributed by atoms with E-state index >= 15 is 0 Å². The number of amides is 2. The second kappa shape index (κ2) is 5.84. The highest BCUT2D eigenvalue weighted by Gasteiger charge is 2.09. The van der Waals surface area contributed by atoms with Gasteiger partial charge in [-0.15, -0.1) is 11.3 Å². The van der Waals surface area contributed by atoms with Crippen LogP contribution in [0.1, 0.15) is 23.1 Å². The first-order chi connectivity index (χ1) is 9.10. The molecule has 0 radical (unpaired) electrons.